The molecule has 28 heavy (non-hydrogen) atoms. The van der Waals surface area contributed by atoms with Crippen LogP contribution in [-0.2, 0) is 4.79 Å². The van der Waals surface area contributed by atoms with Crippen LogP contribution in [-0.4, -0.2) is 36.9 Å². The van der Waals surface area contributed by atoms with Crippen LogP contribution in [0.15, 0.2) is 42.5 Å². The zero-order valence-corrected chi connectivity index (χ0v) is 16.4. The molecule has 0 saturated heterocycles. The normalized spacial score (nSPS) is 13.4. The Morgan fingerprint density at radius 1 is 1.00 bits per heavy atom. The van der Waals surface area contributed by atoms with Gasteiger partial charge in [-0.05, 0) is 63.2 Å². The van der Waals surface area contributed by atoms with Crippen LogP contribution in [0, 0.1) is 0 Å². The van der Waals surface area contributed by atoms with Gasteiger partial charge in [0, 0.05) is 29.4 Å². The first kappa shape index (κ1) is 19.4. The highest BCUT2D eigenvalue weighted by atomic mass is 16.2. The molecule has 3 rings (SSSR count). The molecule has 2 aromatic rings. The molecule has 0 bridgehead atoms. The lowest BCUT2D eigenvalue weighted by Crippen LogP contribution is -2.40. The van der Waals surface area contributed by atoms with Gasteiger partial charge in [-0.1, -0.05) is 0 Å². The number of hydrogen-bond donors (Lipinski definition) is 3. The van der Waals surface area contributed by atoms with E-state index in [1.165, 1.54) is 0 Å². The van der Waals surface area contributed by atoms with Crippen molar-refractivity contribution in [1.82, 2.24) is 5.32 Å². The molecule has 2 aromatic carbocycles. The van der Waals surface area contributed by atoms with Crippen molar-refractivity contribution in [3.05, 3.63) is 53.6 Å². The fourth-order valence-corrected chi connectivity index (χ4v) is 2.92. The number of nitrogens with one attached hydrogen (secondary N) is 3. The molecule has 0 spiro atoms. The summed E-state index contributed by atoms with van der Waals surface area (Å²) in [5.41, 5.74) is 2.69. The Morgan fingerprint density at radius 2 is 1.64 bits per heavy atom. The Kier molecular flexibility index (Phi) is 5.09. The number of fused-ring (bicyclic) bond motifs is 1. The van der Waals surface area contributed by atoms with Crippen molar-refractivity contribution in [2.45, 2.75) is 26.3 Å². The van der Waals surface area contributed by atoms with Crippen molar-refractivity contribution in [2.24, 2.45) is 0 Å². The number of carbonyl (C=O) groups excluding carboxylic acids is 3. The molecule has 146 valence electrons. The molecule has 0 aliphatic carbocycles. The SMILES string of the molecule is CN1CC(=O)Nc2cc(C(=O)Nc3ccc(C(=O)NC(C)(C)C)cc3)ccc21. The minimum atomic E-state index is -0.320. The van der Waals surface area contributed by atoms with Crippen LogP contribution in [0.1, 0.15) is 41.5 Å². The third-order valence-electron chi connectivity index (χ3n) is 4.22. The van der Waals surface area contributed by atoms with Crippen LogP contribution in [0.2, 0.25) is 0 Å². The predicted molar refractivity (Wildman–Crippen MR) is 110 cm³/mol. The van der Waals surface area contributed by atoms with E-state index in [4.69, 9.17) is 0 Å². The zero-order chi connectivity index (χ0) is 20.5. The highest BCUT2D eigenvalue weighted by molar-refractivity contribution is 6.08. The van der Waals surface area contributed by atoms with Crippen LogP contribution in [0.5, 0.6) is 0 Å². The molecule has 1 aliphatic heterocycles. The lowest BCUT2D eigenvalue weighted by molar-refractivity contribution is -0.115. The quantitative estimate of drug-likeness (QED) is 0.764. The summed E-state index contributed by atoms with van der Waals surface area (Å²) >= 11 is 0. The molecule has 3 amide bonds. The van der Waals surface area contributed by atoms with E-state index >= 15 is 0 Å². The van der Waals surface area contributed by atoms with Crippen LogP contribution >= 0.6 is 0 Å². The Morgan fingerprint density at radius 3 is 2.29 bits per heavy atom. The molecule has 0 aromatic heterocycles. The number of carbonyl (C=O) groups is 3. The van der Waals surface area contributed by atoms with Crippen molar-refractivity contribution in [1.29, 1.82) is 0 Å². The highest BCUT2D eigenvalue weighted by Gasteiger charge is 2.20. The third kappa shape index (κ3) is 4.49. The van der Waals surface area contributed by atoms with Crippen LogP contribution in [0.3, 0.4) is 0 Å². The number of amides is 3. The first-order valence-corrected chi connectivity index (χ1v) is 9.01. The standard InChI is InChI=1S/C21H24N4O3/c1-21(2,3)24-20(28)13-5-8-15(9-6-13)22-19(27)14-7-10-17-16(11-14)23-18(26)12-25(17)4/h5-11H,12H2,1-4H3,(H,22,27)(H,23,26)(H,24,28). The fraction of sp³-hybridized carbons (Fsp3) is 0.286. The average molecular weight is 380 g/mol. The summed E-state index contributed by atoms with van der Waals surface area (Å²) < 4.78 is 0. The van der Waals surface area contributed by atoms with Gasteiger partial charge in [-0.2, -0.15) is 0 Å². The van der Waals surface area contributed by atoms with Crippen molar-refractivity contribution in [3.8, 4) is 0 Å². The molecular formula is C21H24N4O3. The van der Waals surface area contributed by atoms with Crippen LogP contribution in [0.4, 0.5) is 17.1 Å². The van der Waals surface area contributed by atoms with Crippen molar-refractivity contribution < 1.29 is 14.4 Å². The largest absolute Gasteiger partial charge is 0.364 e. The molecule has 0 saturated carbocycles. The van der Waals surface area contributed by atoms with Crippen molar-refractivity contribution in [2.75, 3.05) is 29.1 Å². The Labute approximate surface area is 164 Å². The third-order valence-corrected chi connectivity index (χ3v) is 4.22. The van der Waals surface area contributed by atoms with Crippen molar-refractivity contribution >= 4 is 34.8 Å². The molecule has 1 aliphatic rings. The molecule has 7 heteroatoms. The van der Waals surface area contributed by atoms with Gasteiger partial charge in [0.1, 0.15) is 0 Å². The van der Waals surface area contributed by atoms with Crippen LogP contribution < -0.4 is 20.9 Å². The summed E-state index contributed by atoms with van der Waals surface area (Å²) in [4.78, 5) is 38.2. The fourth-order valence-electron chi connectivity index (χ4n) is 2.92. The summed E-state index contributed by atoms with van der Waals surface area (Å²) in [6, 6.07) is 11.9. The summed E-state index contributed by atoms with van der Waals surface area (Å²) in [5, 5.41) is 8.48. The topological polar surface area (TPSA) is 90.5 Å². The molecular weight excluding hydrogens is 356 g/mol. The Hall–Kier alpha value is -3.35. The molecule has 7 nitrogen and oxygen atoms in total. The highest BCUT2D eigenvalue weighted by Crippen LogP contribution is 2.29. The minimum Gasteiger partial charge on any atom is -0.364 e. The molecule has 1 heterocycles. The molecule has 0 fully saturated rings. The summed E-state index contributed by atoms with van der Waals surface area (Å²) in [5.74, 6) is -0.575. The monoisotopic (exact) mass is 380 g/mol. The van der Waals surface area contributed by atoms with E-state index in [0.717, 1.165) is 5.69 Å². The van der Waals surface area contributed by atoms with Crippen molar-refractivity contribution in [3.63, 3.8) is 0 Å². The van der Waals surface area contributed by atoms with Gasteiger partial charge < -0.3 is 20.9 Å². The van der Waals surface area contributed by atoms with E-state index in [1.807, 2.05) is 38.8 Å². The average Bonchev–Trinajstić information content (AvgIpc) is 2.60. The number of likely N-dealkylation sites (N-methyl/N-ethyl adjacent to an activating group) is 1. The first-order chi connectivity index (χ1) is 13.1. The predicted octanol–water partition coefficient (Wildman–Crippen LogP) is 2.86. The van der Waals surface area contributed by atoms with Crippen LogP contribution in [0.25, 0.3) is 0 Å². The number of anilines is 3. The summed E-state index contributed by atoms with van der Waals surface area (Å²) in [6.45, 7) is 6.03. The van der Waals surface area contributed by atoms with Gasteiger partial charge in [0.05, 0.1) is 17.9 Å². The molecule has 0 atom stereocenters. The van der Waals surface area contributed by atoms with E-state index in [-0.39, 0.29) is 29.8 Å². The Balaban J connectivity index is 1.71. The maximum absolute atomic E-state index is 12.6. The minimum absolute atomic E-state index is 0.114. The first-order valence-electron chi connectivity index (χ1n) is 9.01. The molecule has 0 unspecified atom stereocenters. The number of nitrogens with zero attached hydrogens (tertiary/aromatic N) is 1. The zero-order valence-electron chi connectivity index (χ0n) is 16.4. The maximum Gasteiger partial charge on any atom is 0.255 e. The van der Waals surface area contributed by atoms with E-state index < -0.39 is 0 Å². The van der Waals surface area contributed by atoms with E-state index in [2.05, 4.69) is 16.0 Å². The number of rotatable bonds is 3. The lowest BCUT2D eigenvalue weighted by atomic mass is 10.1. The van der Waals surface area contributed by atoms with Gasteiger partial charge >= 0.3 is 0 Å². The Bertz CT molecular complexity index is 930. The summed E-state index contributed by atoms with van der Waals surface area (Å²) in [7, 11) is 1.83. The van der Waals surface area contributed by atoms with E-state index in [1.54, 1.807) is 36.4 Å². The number of hydrogen-bond acceptors (Lipinski definition) is 4. The maximum atomic E-state index is 12.6. The van der Waals surface area contributed by atoms with Gasteiger partial charge in [-0.25, -0.2) is 0 Å². The molecule has 0 radical (unpaired) electrons. The van der Waals surface area contributed by atoms with Gasteiger partial charge in [-0.15, -0.1) is 0 Å². The smallest absolute Gasteiger partial charge is 0.255 e. The van der Waals surface area contributed by atoms with Gasteiger partial charge in [0.2, 0.25) is 5.91 Å². The lowest BCUT2D eigenvalue weighted by Gasteiger charge is -2.27. The van der Waals surface area contributed by atoms with E-state index in [9.17, 15) is 14.4 Å². The van der Waals surface area contributed by atoms with Gasteiger partial charge in [-0.3, -0.25) is 14.4 Å². The second-order valence-corrected chi connectivity index (χ2v) is 7.87. The molecule has 3 N–H and O–H groups in total. The van der Waals surface area contributed by atoms with Gasteiger partial charge in [0.25, 0.3) is 11.8 Å². The van der Waals surface area contributed by atoms with Gasteiger partial charge in [0.15, 0.2) is 0 Å². The second-order valence-electron chi connectivity index (χ2n) is 7.87. The second kappa shape index (κ2) is 7.34. The summed E-state index contributed by atoms with van der Waals surface area (Å²) in [6.07, 6.45) is 0. The van der Waals surface area contributed by atoms with E-state index in [0.29, 0.717) is 22.5 Å². The number of benzene rings is 2.